The van der Waals surface area contributed by atoms with Crippen molar-refractivity contribution in [2.75, 3.05) is 6.61 Å². The number of ether oxygens (including phenoxy) is 1. The highest BCUT2D eigenvalue weighted by Gasteiger charge is 1.94. The second-order valence-corrected chi connectivity index (χ2v) is 2.05. The molecule has 2 nitrogen and oxygen atoms in total. The van der Waals surface area contributed by atoms with Crippen LogP contribution in [0.1, 0.15) is 26.7 Å². The molecule has 0 amide bonds. The number of hydrogen-bond acceptors (Lipinski definition) is 2. The second kappa shape index (κ2) is 7.10. The first-order chi connectivity index (χ1) is 5.31. The lowest BCUT2D eigenvalue weighted by Gasteiger charge is -1.96. The molecular formula is C9H13O2. The number of carbonyl (C=O) groups is 1. The smallest absolute Gasteiger partial charge is 0.347 e. The molecule has 0 aromatic heterocycles. The van der Waals surface area contributed by atoms with Crippen LogP contribution in [0.15, 0.2) is 11.8 Å². The van der Waals surface area contributed by atoms with Crippen molar-refractivity contribution in [3.8, 4) is 0 Å². The summed E-state index contributed by atoms with van der Waals surface area (Å²) in [5.41, 5.74) is 2.53. The molecule has 0 saturated carbocycles. The van der Waals surface area contributed by atoms with Crippen LogP contribution < -0.4 is 0 Å². The minimum Gasteiger partial charge on any atom is -0.462 e. The first-order valence-electron chi connectivity index (χ1n) is 3.77. The average Bonchev–Trinajstić information content (AvgIpc) is 2.01. The summed E-state index contributed by atoms with van der Waals surface area (Å²) in [5, 5.41) is 0. The van der Waals surface area contributed by atoms with Crippen molar-refractivity contribution >= 4 is 5.97 Å². The van der Waals surface area contributed by atoms with Crippen molar-refractivity contribution in [1.29, 1.82) is 0 Å². The third-order valence-electron chi connectivity index (χ3n) is 1.05. The van der Waals surface area contributed by atoms with Crippen molar-refractivity contribution in [3.63, 3.8) is 0 Å². The maximum Gasteiger partial charge on any atom is 0.347 e. The Labute approximate surface area is 67.6 Å². The zero-order chi connectivity index (χ0) is 8.53. The zero-order valence-electron chi connectivity index (χ0n) is 7.02. The van der Waals surface area contributed by atoms with Crippen molar-refractivity contribution in [3.05, 3.63) is 17.9 Å². The van der Waals surface area contributed by atoms with Crippen molar-refractivity contribution in [1.82, 2.24) is 0 Å². The molecule has 1 radical (unpaired) electrons. The van der Waals surface area contributed by atoms with Crippen LogP contribution in [0, 0.1) is 6.08 Å². The maximum atomic E-state index is 10.7. The standard InChI is InChI=1S/C9H13O2/c1-3-5-7-9(10)11-8-6-4-2/h3H,4,6,8H2,1-2H3. The molecule has 0 aromatic carbocycles. The Hall–Kier alpha value is -1.01. The van der Waals surface area contributed by atoms with E-state index < -0.39 is 5.97 Å². The molecule has 0 saturated heterocycles. The topological polar surface area (TPSA) is 26.3 Å². The molecule has 0 heterocycles. The summed E-state index contributed by atoms with van der Waals surface area (Å²) in [5.74, 6) is -0.434. The highest BCUT2D eigenvalue weighted by atomic mass is 16.5. The first kappa shape index (κ1) is 9.99. The molecular weight excluding hydrogens is 140 g/mol. The van der Waals surface area contributed by atoms with Crippen LogP contribution in [0.3, 0.4) is 0 Å². The quantitative estimate of drug-likeness (QED) is 0.267. The highest BCUT2D eigenvalue weighted by molar-refractivity contribution is 5.77. The largest absolute Gasteiger partial charge is 0.462 e. The molecule has 0 spiro atoms. The number of rotatable bonds is 4. The molecule has 2 heteroatoms. The SMILES string of the molecule is CC=C=[C]C(=O)OCCCC. The van der Waals surface area contributed by atoms with Crippen LogP contribution in [0.5, 0.6) is 0 Å². The van der Waals surface area contributed by atoms with E-state index in [0.29, 0.717) is 6.61 Å². The average molecular weight is 153 g/mol. The fraction of sp³-hybridized carbons (Fsp3) is 0.556. The van der Waals surface area contributed by atoms with Gasteiger partial charge in [0, 0.05) is 0 Å². The lowest BCUT2D eigenvalue weighted by molar-refractivity contribution is -0.138. The van der Waals surface area contributed by atoms with E-state index in [1.807, 2.05) is 6.92 Å². The predicted octanol–water partition coefficient (Wildman–Crippen LogP) is 1.86. The van der Waals surface area contributed by atoms with Crippen LogP contribution in [0.4, 0.5) is 0 Å². The Balaban J connectivity index is 3.45. The van der Waals surface area contributed by atoms with Crippen LogP contribution in [-0.4, -0.2) is 12.6 Å². The molecule has 0 aliphatic rings. The number of hydrogen-bond donors (Lipinski definition) is 0. The fourth-order valence-electron chi connectivity index (χ4n) is 0.476. The molecule has 61 valence electrons. The van der Waals surface area contributed by atoms with Gasteiger partial charge < -0.3 is 4.74 Å². The van der Waals surface area contributed by atoms with E-state index >= 15 is 0 Å². The lowest BCUT2D eigenvalue weighted by Crippen LogP contribution is -2.01. The summed E-state index contributed by atoms with van der Waals surface area (Å²) in [6, 6.07) is 0. The van der Waals surface area contributed by atoms with Gasteiger partial charge in [0.25, 0.3) is 0 Å². The Kier molecular flexibility index (Phi) is 6.45. The normalized spacial score (nSPS) is 8.18. The van der Waals surface area contributed by atoms with Crippen molar-refractivity contribution < 1.29 is 9.53 Å². The second-order valence-electron chi connectivity index (χ2n) is 2.05. The van der Waals surface area contributed by atoms with E-state index in [9.17, 15) is 4.79 Å². The van der Waals surface area contributed by atoms with Crippen LogP contribution in [-0.2, 0) is 9.53 Å². The third kappa shape index (κ3) is 6.88. The molecule has 0 rings (SSSR count). The zero-order valence-corrected chi connectivity index (χ0v) is 7.02. The molecule has 0 unspecified atom stereocenters. The van der Waals surface area contributed by atoms with Gasteiger partial charge in [-0.1, -0.05) is 13.3 Å². The number of unbranched alkanes of at least 4 members (excludes halogenated alkanes) is 1. The van der Waals surface area contributed by atoms with Gasteiger partial charge in [-0.25, -0.2) is 4.79 Å². The Morgan fingerprint density at radius 2 is 2.36 bits per heavy atom. The molecule has 11 heavy (non-hydrogen) atoms. The van der Waals surface area contributed by atoms with Gasteiger partial charge in [-0.2, -0.15) is 0 Å². The molecule has 0 aliphatic heterocycles. The van der Waals surface area contributed by atoms with Gasteiger partial charge in [-0.3, -0.25) is 0 Å². The molecule has 0 bridgehead atoms. The molecule has 0 aromatic rings. The van der Waals surface area contributed by atoms with E-state index in [0.717, 1.165) is 12.8 Å². The Morgan fingerprint density at radius 3 is 2.91 bits per heavy atom. The fourth-order valence-corrected chi connectivity index (χ4v) is 0.476. The van der Waals surface area contributed by atoms with Crippen molar-refractivity contribution in [2.45, 2.75) is 26.7 Å². The van der Waals surface area contributed by atoms with Gasteiger partial charge in [0.15, 0.2) is 0 Å². The highest BCUT2D eigenvalue weighted by Crippen LogP contribution is 1.88. The Bertz CT molecular complexity index is 164. The number of carbonyl (C=O) groups excluding carboxylic acids is 1. The minimum atomic E-state index is -0.434. The molecule has 0 atom stereocenters. The summed E-state index contributed by atoms with van der Waals surface area (Å²) < 4.78 is 4.75. The van der Waals surface area contributed by atoms with E-state index in [2.05, 4.69) is 11.8 Å². The number of esters is 1. The van der Waals surface area contributed by atoms with Gasteiger partial charge in [0.2, 0.25) is 0 Å². The Morgan fingerprint density at radius 1 is 1.64 bits per heavy atom. The monoisotopic (exact) mass is 153 g/mol. The lowest BCUT2D eigenvalue weighted by atomic mass is 10.4. The van der Waals surface area contributed by atoms with Crippen molar-refractivity contribution in [2.24, 2.45) is 0 Å². The van der Waals surface area contributed by atoms with E-state index in [-0.39, 0.29) is 0 Å². The summed E-state index contributed by atoms with van der Waals surface area (Å²) in [7, 11) is 0. The van der Waals surface area contributed by atoms with Crippen LogP contribution >= 0.6 is 0 Å². The molecule has 0 N–H and O–H groups in total. The summed E-state index contributed by atoms with van der Waals surface area (Å²) >= 11 is 0. The van der Waals surface area contributed by atoms with E-state index in [1.165, 1.54) is 0 Å². The van der Waals surface area contributed by atoms with Gasteiger partial charge in [-0.05, 0) is 19.4 Å². The predicted molar refractivity (Wildman–Crippen MR) is 42.9 cm³/mol. The third-order valence-corrected chi connectivity index (χ3v) is 1.05. The minimum absolute atomic E-state index is 0.434. The summed E-state index contributed by atoms with van der Waals surface area (Å²) in [6.45, 7) is 4.29. The van der Waals surface area contributed by atoms with Gasteiger partial charge in [-0.15, -0.1) is 5.73 Å². The maximum absolute atomic E-state index is 10.7. The molecule has 0 fully saturated rings. The van der Waals surface area contributed by atoms with Gasteiger partial charge in [0.1, 0.15) is 6.08 Å². The van der Waals surface area contributed by atoms with E-state index in [4.69, 9.17) is 4.74 Å². The molecule has 0 aliphatic carbocycles. The van der Waals surface area contributed by atoms with Crippen LogP contribution in [0.2, 0.25) is 0 Å². The summed E-state index contributed by atoms with van der Waals surface area (Å²) in [4.78, 5) is 10.7. The summed E-state index contributed by atoms with van der Waals surface area (Å²) in [6.07, 6.45) is 5.87. The van der Waals surface area contributed by atoms with Gasteiger partial charge in [0.05, 0.1) is 6.61 Å². The first-order valence-corrected chi connectivity index (χ1v) is 3.77. The van der Waals surface area contributed by atoms with Crippen LogP contribution in [0.25, 0.3) is 0 Å². The van der Waals surface area contributed by atoms with Gasteiger partial charge >= 0.3 is 5.97 Å². The van der Waals surface area contributed by atoms with E-state index in [1.54, 1.807) is 13.0 Å².